The lowest BCUT2D eigenvalue weighted by Crippen LogP contribution is -2.61. The zero-order chi connectivity index (χ0) is 18.2. The highest BCUT2D eigenvalue weighted by Crippen LogP contribution is 2.49. The SMILES string of the molecule is CC(C)CN1CC2(CCN(CCc3ncccc3Cl)CC2)OC2(CC2)C1. The van der Waals surface area contributed by atoms with E-state index in [9.17, 15) is 0 Å². The molecule has 3 aliphatic rings. The number of pyridine rings is 1. The highest BCUT2D eigenvalue weighted by molar-refractivity contribution is 6.31. The molecule has 4 rings (SSSR count). The second kappa shape index (κ2) is 7.38. The van der Waals surface area contributed by atoms with Gasteiger partial charge in [-0.25, -0.2) is 0 Å². The standard InChI is InChI=1S/C21H32ClN3O/c1-17(2)14-25-15-20(6-7-20)26-21(16-25)8-12-24(13-9-21)11-5-19-18(22)4-3-10-23-19/h3-4,10,17H,5-9,11-16H2,1-2H3. The summed E-state index contributed by atoms with van der Waals surface area (Å²) in [5.41, 5.74) is 1.29. The molecule has 3 heterocycles. The van der Waals surface area contributed by atoms with E-state index in [1.165, 1.54) is 19.4 Å². The Morgan fingerprint density at radius 3 is 2.42 bits per heavy atom. The average Bonchev–Trinajstić information content (AvgIpc) is 3.32. The molecule has 0 aromatic carbocycles. The van der Waals surface area contributed by atoms with Crippen molar-refractivity contribution in [2.75, 3.05) is 39.3 Å². The molecular formula is C21H32ClN3O. The van der Waals surface area contributed by atoms with Crippen molar-refractivity contribution in [3.8, 4) is 0 Å². The first-order valence-electron chi connectivity index (χ1n) is 10.2. The molecule has 1 saturated carbocycles. The van der Waals surface area contributed by atoms with E-state index >= 15 is 0 Å². The van der Waals surface area contributed by atoms with Gasteiger partial charge in [-0.05, 0) is 43.7 Å². The maximum Gasteiger partial charge on any atom is 0.0841 e. The van der Waals surface area contributed by atoms with Crippen LogP contribution in [0.3, 0.4) is 0 Å². The number of halogens is 1. The zero-order valence-electron chi connectivity index (χ0n) is 16.2. The molecule has 0 radical (unpaired) electrons. The first-order valence-corrected chi connectivity index (χ1v) is 10.6. The fraction of sp³-hybridized carbons (Fsp3) is 0.762. The van der Waals surface area contributed by atoms with Crippen LogP contribution in [0.2, 0.25) is 5.02 Å². The van der Waals surface area contributed by atoms with Gasteiger partial charge in [-0.2, -0.15) is 0 Å². The molecule has 2 saturated heterocycles. The zero-order valence-corrected chi connectivity index (χ0v) is 17.0. The van der Waals surface area contributed by atoms with E-state index < -0.39 is 0 Å². The Balaban J connectivity index is 1.32. The Hall–Kier alpha value is -0.680. The van der Waals surface area contributed by atoms with Gasteiger partial charge >= 0.3 is 0 Å². The molecule has 0 bridgehead atoms. The van der Waals surface area contributed by atoms with E-state index in [0.717, 1.165) is 68.6 Å². The summed E-state index contributed by atoms with van der Waals surface area (Å²) in [5.74, 6) is 0.726. The minimum Gasteiger partial charge on any atom is -0.366 e. The molecule has 4 nitrogen and oxygen atoms in total. The number of hydrogen-bond donors (Lipinski definition) is 0. The molecule has 0 amide bonds. The molecule has 2 spiro atoms. The van der Waals surface area contributed by atoms with Crippen molar-refractivity contribution in [1.82, 2.24) is 14.8 Å². The van der Waals surface area contributed by atoms with E-state index in [-0.39, 0.29) is 11.2 Å². The van der Waals surface area contributed by atoms with Crippen LogP contribution in [0.15, 0.2) is 18.3 Å². The van der Waals surface area contributed by atoms with E-state index in [0.29, 0.717) is 0 Å². The summed E-state index contributed by atoms with van der Waals surface area (Å²) in [4.78, 5) is 9.66. The number of rotatable bonds is 5. The summed E-state index contributed by atoms with van der Waals surface area (Å²) in [6.07, 6.45) is 7.58. The van der Waals surface area contributed by atoms with Crippen molar-refractivity contribution >= 4 is 11.6 Å². The van der Waals surface area contributed by atoms with E-state index in [4.69, 9.17) is 16.3 Å². The molecule has 1 aliphatic carbocycles. The normalized spacial score (nSPS) is 25.2. The van der Waals surface area contributed by atoms with Gasteiger partial charge in [-0.15, -0.1) is 0 Å². The Morgan fingerprint density at radius 2 is 1.81 bits per heavy atom. The van der Waals surface area contributed by atoms with Crippen LogP contribution in [0.25, 0.3) is 0 Å². The third-order valence-corrected chi connectivity index (χ3v) is 6.50. The van der Waals surface area contributed by atoms with Crippen LogP contribution in [-0.4, -0.2) is 65.3 Å². The predicted octanol–water partition coefficient (Wildman–Crippen LogP) is 3.63. The Kier molecular flexibility index (Phi) is 5.30. The van der Waals surface area contributed by atoms with Gasteiger partial charge < -0.3 is 9.64 Å². The third-order valence-electron chi connectivity index (χ3n) is 6.15. The van der Waals surface area contributed by atoms with Gasteiger partial charge in [0.15, 0.2) is 0 Å². The second-order valence-corrected chi connectivity index (χ2v) is 9.46. The average molecular weight is 378 g/mol. The number of piperidine rings is 1. The van der Waals surface area contributed by atoms with Crippen molar-refractivity contribution in [3.63, 3.8) is 0 Å². The minimum atomic E-state index is 0.0861. The Labute approximate surface area is 162 Å². The van der Waals surface area contributed by atoms with Crippen molar-refractivity contribution in [1.29, 1.82) is 0 Å². The molecule has 1 aromatic heterocycles. The number of likely N-dealkylation sites (tertiary alicyclic amines) is 1. The quantitative estimate of drug-likeness (QED) is 0.783. The number of nitrogens with zero attached hydrogens (tertiary/aromatic N) is 3. The van der Waals surface area contributed by atoms with Crippen molar-refractivity contribution in [2.24, 2.45) is 5.92 Å². The van der Waals surface area contributed by atoms with Gasteiger partial charge in [0.1, 0.15) is 0 Å². The maximum atomic E-state index is 6.75. The largest absolute Gasteiger partial charge is 0.366 e. The maximum absolute atomic E-state index is 6.75. The van der Waals surface area contributed by atoms with Gasteiger partial charge in [0.2, 0.25) is 0 Å². The van der Waals surface area contributed by atoms with Crippen molar-refractivity contribution < 1.29 is 4.74 Å². The Bertz CT molecular complexity index is 623. The van der Waals surface area contributed by atoms with Crippen LogP contribution in [0.5, 0.6) is 0 Å². The molecule has 0 unspecified atom stereocenters. The number of morpholine rings is 1. The van der Waals surface area contributed by atoms with Crippen LogP contribution in [0.1, 0.15) is 45.2 Å². The summed E-state index contributed by atoms with van der Waals surface area (Å²) < 4.78 is 6.75. The fourth-order valence-electron chi connectivity index (χ4n) is 4.75. The predicted molar refractivity (Wildman–Crippen MR) is 106 cm³/mol. The second-order valence-electron chi connectivity index (χ2n) is 9.06. The number of hydrogen-bond acceptors (Lipinski definition) is 4. The molecule has 0 N–H and O–H groups in total. The van der Waals surface area contributed by atoms with Crippen LogP contribution >= 0.6 is 11.6 Å². The molecule has 2 aliphatic heterocycles. The van der Waals surface area contributed by atoms with Gasteiger partial charge in [0, 0.05) is 51.9 Å². The Morgan fingerprint density at radius 1 is 1.12 bits per heavy atom. The molecular weight excluding hydrogens is 346 g/mol. The molecule has 144 valence electrons. The van der Waals surface area contributed by atoms with Gasteiger partial charge in [-0.1, -0.05) is 25.4 Å². The summed E-state index contributed by atoms with van der Waals surface area (Å²) in [6, 6.07) is 3.83. The van der Waals surface area contributed by atoms with Crippen molar-refractivity contribution in [3.05, 3.63) is 29.0 Å². The highest BCUT2D eigenvalue weighted by atomic mass is 35.5. The minimum absolute atomic E-state index is 0.0861. The summed E-state index contributed by atoms with van der Waals surface area (Å²) in [6.45, 7) is 11.4. The fourth-order valence-corrected chi connectivity index (χ4v) is 4.97. The summed E-state index contributed by atoms with van der Waals surface area (Å²) >= 11 is 6.25. The lowest BCUT2D eigenvalue weighted by atomic mass is 9.87. The third kappa shape index (κ3) is 4.24. The molecule has 5 heteroatoms. The van der Waals surface area contributed by atoms with Gasteiger partial charge in [0.25, 0.3) is 0 Å². The van der Waals surface area contributed by atoms with Gasteiger partial charge in [-0.3, -0.25) is 9.88 Å². The first-order chi connectivity index (χ1) is 12.5. The van der Waals surface area contributed by atoms with Crippen molar-refractivity contribution in [2.45, 2.75) is 57.2 Å². The van der Waals surface area contributed by atoms with Crippen LogP contribution in [-0.2, 0) is 11.2 Å². The van der Waals surface area contributed by atoms with E-state index in [2.05, 4.69) is 28.6 Å². The molecule has 1 aromatic rings. The lowest BCUT2D eigenvalue weighted by Gasteiger charge is -2.51. The summed E-state index contributed by atoms with van der Waals surface area (Å²) in [7, 11) is 0. The summed E-state index contributed by atoms with van der Waals surface area (Å²) in [5, 5.41) is 0.789. The van der Waals surface area contributed by atoms with Crippen LogP contribution in [0, 0.1) is 5.92 Å². The topological polar surface area (TPSA) is 28.6 Å². The number of ether oxygens (including phenoxy) is 1. The van der Waals surface area contributed by atoms with E-state index in [1.807, 2.05) is 18.3 Å². The van der Waals surface area contributed by atoms with Crippen LogP contribution < -0.4 is 0 Å². The monoisotopic (exact) mass is 377 g/mol. The van der Waals surface area contributed by atoms with Gasteiger partial charge in [0.05, 0.1) is 21.9 Å². The lowest BCUT2D eigenvalue weighted by molar-refractivity contribution is -0.189. The van der Waals surface area contributed by atoms with Crippen LogP contribution in [0.4, 0.5) is 0 Å². The number of aromatic nitrogens is 1. The highest BCUT2D eigenvalue weighted by Gasteiger charge is 2.55. The molecule has 3 fully saturated rings. The smallest absolute Gasteiger partial charge is 0.0841 e. The first kappa shape index (κ1) is 18.7. The molecule has 0 atom stereocenters. The van der Waals surface area contributed by atoms with E-state index in [1.54, 1.807) is 0 Å². The molecule has 26 heavy (non-hydrogen) atoms.